The number of hydrazone groups is 1. The molecule has 2 heterocycles. The van der Waals surface area contributed by atoms with Crippen LogP contribution in [0, 0.1) is 0 Å². The second kappa shape index (κ2) is 7.18. The lowest BCUT2D eigenvalue weighted by Crippen LogP contribution is -2.22. The predicted octanol–water partition coefficient (Wildman–Crippen LogP) is 3.10. The zero-order chi connectivity index (χ0) is 17.9. The highest BCUT2D eigenvalue weighted by molar-refractivity contribution is 7.89. The van der Waals surface area contributed by atoms with Crippen molar-refractivity contribution >= 4 is 32.7 Å². The minimum absolute atomic E-state index is 0.230. The van der Waals surface area contributed by atoms with Crippen LogP contribution >= 0.6 is 11.3 Å². The fourth-order valence-corrected chi connectivity index (χ4v) is 3.62. The molecule has 0 fully saturated rings. The molecule has 0 bridgehead atoms. The molecule has 1 aromatic carbocycles. The first kappa shape index (κ1) is 17.3. The van der Waals surface area contributed by atoms with Gasteiger partial charge < -0.3 is 4.42 Å². The quantitative estimate of drug-likeness (QED) is 0.528. The summed E-state index contributed by atoms with van der Waals surface area (Å²) < 4.78 is 30.8. The van der Waals surface area contributed by atoms with E-state index >= 15 is 0 Å². The maximum Gasteiger partial charge on any atom is 0.242 e. The normalized spacial score (nSPS) is 12.1. The zero-order valence-electron chi connectivity index (χ0n) is 13.6. The predicted molar refractivity (Wildman–Crippen MR) is 98.3 cm³/mol. The third kappa shape index (κ3) is 3.95. The Balaban J connectivity index is 1.78. The molecule has 7 nitrogen and oxygen atoms in total. The molecule has 0 atom stereocenters. The van der Waals surface area contributed by atoms with Crippen LogP contribution < -0.4 is 5.43 Å². The van der Waals surface area contributed by atoms with Gasteiger partial charge in [0.15, 0.2) is 0 Å². The van der Waals surface area contributed by atoms with E-state index in [2.05, 4.69) is 15.5 Å². The van der Waals surface area contributed by atoms with E-state index in [0.29, 0.717) is 16.6 Å². The molecule has 3 rings (SSSR count). The highest BCUT2D eigenvalue weighted by Crippen LogP contribution is 2.27. The fourth-order valence-electron chi connectivity index (χ4n) is 2.00. The van der Waals surface area contributed by atoms with Crippen LogP contribution in [0.1, 0.15) is 5.76 Å². The molecule has 9 heteroatoms. The third-order valence-electron chi connectivity index (χ3n) is 3.31. The molecule has 0 aliphatic rings. The van der Waals surface area contributed by atoms with Crippen molar-refractivity contribution in [1.82, 2.24) is 9.29 Å². The van der Waals surface area contributed by atoms with Gasteiger partial charge in [0, 0.05) is 25.0 Å². The van der Waals surface area contributed by atoms with Crippen LogP contribution in [-0.4, -0.2) is 38.0 Å². The Morgan fingerprint density at radius 3 is 2.84 bits per heavy atom. The summed E-state index contributed by atoms with van der Waals surface area (Å²) in [5.41, 5.74) is 4.23. The van der Waals surface area contributed by atoms with Gasteiger partial charge in [0.1, 0.15) is 5.76 Å². The number of hydrogen-bond acceptors (Lipinski definition) is 7. The molecule has 0 aliphatic heterocycles. The first-order chi connectivity index (χ1) is 12.0. The van der Waals surface area contributed by atoms with E-state index in [4.69, 9.17) is 4.42 Å². The molecule has 130 valence electrons. The molecule has 25 heavy (non-hydrogen) atoms. The van der Waals surface area contributed by atoms with Gasteiger partial charge in [-0.05, 0) is 24.3 Å². The van der Waals surface area contributed by atoms with E-state index in [1.807, 2.05) is 11.4 Å². The molecule has 0 amide bonds. The molecule has 0 spiro atoms. The smallest absolute Gasteiger partial charge is 0.242 e. The van der Waals surface area contributed by atoms with Gasteiger partial charge >= 0.3 is 0 Å². The molecule has 3 aromatic rings. The summed E-state index contributed by atoms with van der Waals surface area (Å²) in [7, 11) is -0.473. The summed E-state index contributed by atoms with van der Waals surface area (Å²) in [4.78, 5) is 4.65. The Bertz CT molecular complexity index is 976. The molecule has 0 saturated heterocycles. The van der Waals surface area contributed by atoms with Crippen LogP contribution in [0.5, 0.6) is 0 Å². The van der Waals surface area contributed by atoms with Crippen LogP contribution in [0.2, 0.25) is 0 Å². The van der Waals surface area contributed by atoms with Gasteiger partial charge in [0.2, 0.25) is 15.2 Å². The maximum absolute atomic E-state index is 12.2. The lowest BCUT2D eigenvalue weighted by molar-refractivity contribution is 0.521. The van der Waals surface area contributed by atoms with Crippen LogP contribution in [-0.2, 0) is 10.0 Å². The van der Waals surface area contributed by atoms with Crippen molar-refractivity contribution in [2.24, 2.45) is 5.10 Å². The lowest BCUT2D eigenvalue weighted by atomic mass is 10.2. The van der Waals surface area contributed by atoms with Crippen molar-refractivity contribution in [3.8, 4) is 11.3 Å². The van der Waals surface area contributed by atoms with Gasteiger partial charge in [-0.25, -0.2) is 17.7 Å². The number of sulfonamides is 1. The average molecular weight is 376 g/mol. The Hall–Kier alpha value is -2.49. The van der Waals surface area contributed by atoms with E-state index < -0.39 is 10.0 Å². The molecule has 1 N–H and O–H groups in total. The second-order valence-electron chi connectivity index (χ2n) is 5.24. The number of rotatable bonds is 6. The number of nitrogens with zero attached hydrogens (tertiary/aromatic N) is 3. The maximum atomic E-state index is 12.2. The number of anilines is 1. The van der Waals surface area contributed by atoms with E-state index in [1.165, 1.54) is 29.7 Å². The number of benzene rings is 1. The second-order valence-corrected chi connectivity index (χ2v) is 8.25. The van der Waals surface area contributed by atoms with Crippen molar-refractivity contribution in [3.63, 3.8) is 0 Å². The van der Waals surface area contributed by atoms with E-state index in [9.17, 15) is 8.42 Å². The first-order valence-corrected chi connectivity index (χ1v) is 9.60. The van der Waals surface area contributed by atoms with Crippen molar-refractivity contribution in [2.45, 2.75) is 4.90 Å². The van der Waals surface area contributed by atoms with Crippen LogP contribution in [0.15, 0.2) is 62.5 Å². The molecule has 0 saturated carbocycles. The summed E-state index contributed by atoms with van der Waals surface area (Å²) in [5, 5.41) is 6.48. The number of thiazole rings is 1. The standard InChI is InChI=1S/C16H16N4O3S2/c1-20(2)25(21,22)14-7-3-5-12(9-14)15-11-24-16(18-15)19-17-10-13-6-4-8-23-13/h3-11H,1-2H3,(H,18,19). The number of furan rings is 1. The van der Waals surface area contributed by atoms with Gasteiger partial charge in [0.25, 0.3) is 0 Å². The summed E-state index contributed by atoms with van der Waals surface area (Å²) in [6.45, 7) is 0. The van der Waals surface area contributed by atoms with Crippen molar-refractivity contribution in [3.05, 3.63) is 53.8 Å². The van der Waals surface area contributed by atoms with Gasteiger partial charge in [-0.1, -0.05) is 12.1 Å². The monoisotopic (exact) mass is 376 g/mol. The van der Waals surface area contributed by atoms with Gasteiger partial charge in [0.05, 0.1) is 23.1 Å². The summed E-state index contributed by atoms with van der Waals surface area (Å²) >= 11 is 1.37. The number of aromatic nitrogens is 1. The Morgan fingerprint density at radius 2 is 2.12 bits per heavy atom. The molecule has 0 aliphatic carbocycles. The van der Waals surface area contributed by atoms with Crippen LogP contribution in [0.25, 0.3) is 11.3 Å². The summed E-state index contributed by atoms with van der Waals surface area (Å²) in [6.07, 6.45) is 3.11. The van der Waals surface area contributed by atoms with Gasteiger partial charge in [-0.2, -0.15) is 5.10 Å². The minimum Gasteiger partial charge on any atom is -0.463 e. The Labute approximate surface area is 149 Å². The number of nitrogens with one attached hydrogen (secondary N) is 1. The van der Waals surface area contributed by atoms with Crippen LogP contribution in [0.3, 0.4) is 0 Å². The highest BCUT2D eigenvalue weighted by atomic mass is 32.2. The summed E-state index contributed by atoms with van der Waals surface area (Å²) in [5.74, 6) is 0.630. The van der Waals surface area contributed by atoms with Gasteiger partial charge in [-0.3, -0.25) is 5.43 Å². The molecule has 0 radical (unpaired) electrons. The molecular formula is C16H16N4O3S2. The highest BCUT2D eigenvalue weighted by Gasteiger charge is 2.18. The minimum atomic E-state index is -3.48. The van der Waals surface area contributed by atoms with E-state index in [1.54, 1.807) is 42.8 Å². The Kier molecular flexibility index (Phi) is 4.98. The lowest BCUT2D eigenvalue weighted by Gasteiger charge is -2.11. The largest absolute Gasteiger partial charge is 0.463 e. The zero-order valence-corrected chi connectivity index (χ0v) is 15.2. The molecular weight excluding hydrogens is 360 g/mol. The van der Waals surface area contributed by atoms with E-state index in [-0.39, 0.29) is 4.90 Å². The third-order valence-corrected chi connectivity index (χ3v) is 5.87. The van der Waals surface area contributed by atoms with Crippen molar-refractivity contribution in [2.75, 3.05) is 19.5 Å². The van der Waals surface area contributed by atoms with Gasteiger partial charge in [-0.15, -0.1) is 11.3 Å². The topological polar surface area (TPSA) is 87.8 Å². The molecule has 0 unspecified atom stereocenters. The first-order valence-electron chi connectivity index (χ1n) is 7.28. The fraction of sp³-hybridized carbons (Fsp3) is 0.125. The van der Waals surface area contributed by atoms with Crippen molar-refractivity contribution in [1.29, 1.82) is 0 Å². The summed E-state index contributed by atoms with van der Waals surface area (Å²) in [6, 6.07) is 10.3. The average Bonchev–Trinajstić information content (AvgIpc) is 3.27. The van der Waals surface area contributed by atoms with Crippen LogP contribution in [0.4, 0.5) is 5.13 Å². The van der Waals surface area contributed by atoms with Crippen molar-refractivity contribution < 1.29 is 12.8 Å². The molecule has 2 aromatic heterocycles. The Morgan fingerprint density at radius 1 is 1.28 bits per heavy atom. The SMILES string of the molecule is CN(C)S(=O)(=O)c1cccc(-c2csc(NN=Cc3ccco3)n2)c1. The number of hydrogen-bond donors (Lipinski definition) is 1. The van der Waals surface area contributed by atoms with E-state index in [0.717, 1.165) is 5.56 Å².